The topological polar surface area (TPSA) is 46.2 Å². The van der Waals surface area contributed by atoms with E-state index in [4.69, 9.17) is 0 Å². The first-order valence-corrected chi connectivity index (χ1v) is 7.36. The van der Waals surface area contributed by atoms with Gasteiger partial charge < -0.3 is 0 Å². The Kier molecular flexibility index (Phi) is 3.21. The van der Waals surface area contributed by atoms with Gasteiger partial charge in [-0.3, -0.25) is 4.72 Å². The second-order valence-electron chi connectivity index (χ2n) is 3.95. The highest BCUT2D eigenvalue weighted by Crippen LogP contribution is 2.31. The molecule has 1 N–H and O–H groups in total. The van der Waals surface area contributed by atoms with Crippen LogP contribution < -0.4 is 4.72 Å². The van der Waals surface area contributed by atoms with Crippen LogP contribution in [0, 0.1) is 11.7 Å². The first-order valence-electron chi connectivity index (χ1n) is 4.92. The second kappa shape index (κ2) is 4.33. The highest BCUT2D eigenvalue weighted by molar-refractivity contribution is 9.10. The van der Waals surface area contributed by atoms with E-state index in [0.717, 1.165) is 12.8 Å². The largest absolute Gasteiger partial charge is 0.281 e. The van der Waals surface area contributed by atoms with Crippen LogP contribution in [0.4, 0.5) is 10.1 Å². The number of benzene rings is 1. The Morgan fingerprint density at radius 2 is 2.12 bits per heavy atom. The quantitative estimate of drug-likeness (QED) is 0.929. The molecule has 0 radical (unpaired) electrons. The lowest BCUT2D eigenvalue weighted by Gasteiger charge is -2.08. The van der Waals surface area contributed by atoms with Crippen LogP contribution in [-0.4, -0.2) is 14.2 Å². The van der Waals surface area contributed by atoms with Crippen molar-refractivity contribution in [1.82, 2.24) is 0 Å². The van der Waals surface area contributed by atoms with Crippen molar-refractivity contribution < 1.29 is 12.8 Å². The minimum Gasteiger partial charge on any atom is -0.281 e. The third-order valence-corrected chi connectivity index (χ3v) is 4.28. The normalized spacial score (nSPS) is 16.1. The first-order chi connectivity index (χ1) is 7.46. The molecule has 1 aromatic carbocycles. The van der Waals surface area contributed by atoms with Crippen molar-refractivity contribution in [3.63, 3.8) is 0 Å². The summed E-state index contributed by atoms with van der Waals surface area (Å²) in [6.07, 6.45) is 1.90. The van der Waals surface area contributed by atoms with Crippen molar-refractivity contribution >= 4 is 31.6 Å². The maximum atomic E-state index is 13.4. The smallest absolute Gasteiger partial charge is 0.233 e. The Morgan fingerprint density at radius 3 is 2.69 bits per heavy atom. The predicted molar refractivity (Wildman–Crippen MR) is 64.2 cm³/mol. The van der Waals surface area contributed by atoms with Gasteiger partial charge in [0, 0.05) is 4.47 Å². The zero-order valence-electron chi connectivity index (χ0n) is 8.41. The number of sulfonamides is 1. The zero-order valence-corrected chi connectivity index (χ0v) is 10.8. The summed E-state index contributed by atoms with van der Waals surface area (Å²) < 4.78 is 39.4. The van der Waals surface area contributed by atoms with Gasteiger partial charge in [0.15, 0.2) is 0 Å². The molecule has 88 valence electrons. The lowest BCUT2D eigenvalue weighted by molar-refractivity contribution is 0.595. The summed E-state index contributed by atoms with van der Waals surface area (Å²) in [5.74, 6) is -0.243. The molecule has 1 aliphatic rings. The summed E-state index contributed by atoms with van der Waals surface area (Å²) in [5.41, 5.74) is 0.00356. The molecule has 0 unspecified atom stereocenters. The van der Waals surface area contributed by atoms with E-state index in [-0.39, 0.29) is 17.4 Å². The highest BCUT2D eigenvalue weighted by atomic mass is 79.9. The number of anilines is 1. The standard InChI is InChI=1S/C10H11BrFNO2S/c11-8-3-4-10(9(12)5-8)13-16(14,15)6-7-1-2-7/h3-5,7,13H,1-2,6H2. The molecule has 2 rings (SSSR count). The lowest BCUT2D eigenvalue weighted by Crippen LogP contribution is -2.18. The van der Waals surface area contributed by atoms with Crippen LogP contribution in [0.25, 0.3) is 0 Å². The number of halogens is 2. The average Bonchev–Trinajstić information content (AvgIpc) is 2.93. The highest BCUT2D eigenvalue weighted by Gasteiger charge is 2.28. The van der Waals surface area contributed by atoms with Gasteiger partial charge in [0.25, 0.3) is 0 Å². The van der Waals surface area contributed by atoms with Gasteiger partial charge in [-0.05, 0) is 37.0 Å². The van der Waals surface area contributed by atoms with E-state index < -0.39 is 15.8 Å². The molecule has 0 aliphatic heterocycles. The molecule has 0 saturated heterocycles. The number of hydrogen-bond donors (Lipinski definition) is 1. The predicted octanol–water partition coefficient (Wildman–Crippen LogP) is 2.74. The second-order valence-corrected chi connectivity index (χ2v) is 6.63. The van der Waals surface area contributed by atoms with E-state index in [1.54, 1.807) is 6.07 Å². The fourth-order valence-electron chi connectivity index (χ4n) is 1.38. The summed E-state index contributed by atoms with van der Waals surface area (Å²) in [4.78, 5) is 0. The Bertz CT molecular complexity index is 500. The van der Waals surface area contributed by atoms with Crippen LogP contribution >= 0.6 is 15.9 Å². The van der Waals surface area contributed by atoms with Crippen LogP contribution in [0.1, 0.15) is 12.8 Å². The number of rotatable bonds is 4. The molecular formula is C10H11BrFNO2S. The van der Waals surface area contributed by atoms with E-state index in [9.17, 15) is 12.8 Å². The van der Waals surface area contributed by atoms with E-state index in [0.29, 0.717) is 4.47 Å². The third kappa shape index (κ3) is 3.18. The fourth-order valence-corrected chi connectivity index (χ4v) is 3.25. The maximum Gasteiger partial charge on any atom is 0.233 e. The van der Waals surface area contributed by atoms with E-state index in [2.05, 4.69) is 20.7 Å². The molecular weight excluding hydrogens is 297 g/mol. The van der Waals surface area contributed by atoms with Gasteiger partial charge in [-0.15, -0.1) is 0 Å². The van der Waals surface area contributed by atoms with Crippen LogP contribution in [0.5, 0.6) is 0 Å². The molecule has 1 saturated carbocycles. The zero-order chi connectivity index (χ0) is 11.8. The molecule has 0 heterocycles. The SMILES string of the molecule is O=S(=O)(CC1CC1)Nc1ccc(Br)cc1F. The molecule has 1 aromatic rings. The number of nitrogens with one attached hydrogen (secondary N) is 1. The molecule has 0 spiro atoms. The Hall–Kier alpha value is -0.620. The average molecular weight is 308 g/mol. The Labute approximate surface area is 102 Å². The Balaban J connectivity index is 2.13. The van der Waals surface area contributed by atoms with Crippen molar-refractivity contribution in [2.75, 3.05) is 10.5 Å². The van der Waals surface area contributed by atoms with Gasteiger partial charge in [0.05, 0.1) is 11.4 Å². The van der Waals surface area contributed by atoms with Crippen molar-refractivity contribution in [1.29, 1.82) is 0 Å². The van der Waals surface area contributed by atoms with Gasteiger partial charge in [-0.2, -0.15) is 0 Å². The Morgan fingerprint density at radius 1 is 1.44 bits per heavy atom. The van der Waals surface area contributed by atoms with Gasteiger partial charge in [0.1, 0.15) is 5.82 Å². The van der Waals surface area contributed by atoms with Crippen molar-refractivity contribution in [2.45, 2.75) is 12.8 Å². The van der Waals surface area contributed by atoms with E-state index >= 15 is 0 Å². The third-order valence-electron chi connectivity index (χ3n) is 2.35. The van der Waals surface area contributed by atoms with Gasteiger partial charge >= 0.3 is 0 Å². The summed E-state index contributed by atoms with van der Waals surface area (Å²) >= 11 is 3.11. The monoisotopic (exact) mass is 307 g/mol. The van der Waals surface area contributed by atoms with E-state index in [1.165, 1.54) is 12.1 Å². The molecule has 0 amide bonds. The van der Waals surface area contributed by atoms with Crippen LogP contribution in [0.3, 0.4) is 0 Å². The van der Waals surface area contributed by atoms with Crippen LogP contribution in [-0.2, 0) is 10.0 Å². The van der Waals surface area contributed by atoms with Gasteiger partial charge in [0.2, 0.25) is 10.0 Å². The number of hydrogen-bond acceptors (Lipinski definition) is 2. The minimum absolute atomic E-state index is 0.00356. The summed E-state index contributed by atoms with van der Waals surface area (Å²) in [5, 5.41) is 0. The molecule has 16 heavy (non-hydrogen) atoms. The van der Waals surface area contributed by atoms with Gasteiger partial charge in [-0.25, -0.2) is 12.8 Å². The summed E-state index contributed by atoms with van der Waals surface area (Å²) in [6.45, 7) is 0. The minimum atomic E-state index is -3.41. The van der Waals surface area contributed by atoms with Crippen molar-refractivity contribution in [2.24, 2.45) is 5.92 Å². The van der Waals surface area contributed by atoms with Crippen LogP contribution in [0.15, 0.2) is 22.7 Å². The molecule has 0 aromatic heterocycles. The molecule has 0 bridgehead atoms. The van der Waals surface area contributed by atoms with E-state index in [1.807, 2.05) is 0 Å². The summed E-state index contributed by atoms with van der Waals surface area (Å²) in [6, 6.07) is 4.23. The maximum absolute atomic E-state index is 13.4. The summed E-state index contributed by atoms with van der Waals surface area (Å²) in [7, 11) is -3.41. The van der Waals surface area contributed by atoms with Crippen LogP contribution in [0.2, 0.25) is 0 Å². The van der Waals surface area contributed by atoms with Gasteiger partial charge in [-0.1, -0.05) is 15.9 Å². The lowest BCUT2D eigenvalue weighted by atomic mass is 10.3. The fraction of sp³-hybridized carbons (Fsp3) is 0.400. The molecule has 3 nitrogen and oxygen atoms in total. The molecule has 6 heteroatoms. The first kappa shape index (κ1) is 11.9. The molecule has 1 aliphatic carbocycles. The molecule has 0 atom stereocenters. The van der Waals surface area contributed by atoms with Crippen molar-refractivity contribution in [3.05, 3.63) is 28.5 Å². The molecule has 1 fully saturated rings. The van der Waals surface area contributed by atoms with Crippen molar-refractivity contribution in [3.8, 4) is 0 Å².